The van der Waals surface area contributed by atoms with Crippen LogP contribution in [-0.2, 0) is 4.84 Å². The van der Waals surface area contributed by atoms with E-state index in [1.54, 1.807) is 24.3 Å². The van der Waals surface area contributed by atoms with Crippen LogP contribution in [0.15, 0.2) is 41.7 Å². The van der Waals surface area contributed by atoms with E-state index in [4.69, 9.17) is 28.0 Å². The fraction of sp³-hybridized carbons (Fsp3) is 0.222. The van der Waals surface area contributed by atoms with Crippen LogP contribution in [0.2, 0.25) is 10.0 Å². The number of benzene rings is 1. The Morgan fingerprint density at radius 3 is 2.42 bits per heavy atom. The second kappa shape index (κ2) is 7.85. The number of pyridine rings is 1. The van der Waals surface area contributed by atoms with Gasteiger partial charge in [-0.05, 0) is 24.6 Å². The zero-order valence-corrected chi connectivity index (χ0v) is 15.4. The van der Waals surface area contributed by atoms with Crippen molar-refractivity contribution in [3.8, 4) is 0 Å². The van der Waals surface area contributed by atoms with Crippen molar-refractivity contribution >= 4 is 40.7 Å². The summed E-state index contributed by atoms with van der Waals surface area (Å²) in [4.78, 5) is 35.7. The minimum absolute atomic E-state index is 0.107. The summed E-state index contributed by atoms with van der Waals surface area (Å²) in [6.07, 6.45) is 2.17. The van der Waals surface area contributed by atoms with Gasteiger partial charge in [0.05, 0.1) is 27.7 Å². The zero-order chi connectivity index (χ0) is 18.7. The lowest BCUT2D eigenvalue weighted by Crippen LogP contribution is -2.35. The highest BCUT2D eigenvalue weighted by Gasteiger charge is 2.36. The van der Waals surface area contributed by atoms with Gasteiger partial charge in [0.2, 0.25) is 0 Å². The average Bonchev–Trinajstić information content (AvgIpc) is 2.86. The van der Waals surface area contributed by atoms with Gasteiger partial charge in [0.25, 0.3) is 11.8 Å². The van der Waals surface area contributed by atoms with Crippen molar-refractivity contribution in [1.29, 1.82) is 0 Å². The van der Waals surface area contributed by atoms with Crippen LogP contribution in [0, 0.1) is 0 Å². The molecule has 6 nitrogen and oxygen atoms in total. The Balaban J connectivity index is 1.93. The van der Waals surface area contributed by atoms with Crippen molar-refractivity contribution in [2.75, 3.05) is 13.2 Å². The largest absolute Gasteiger partial charge is 0.395 e. The summed E-state index contributed by atoms with van der Waals surface area (Å²) in [5, 5.41) is 4.68. The van der Waals surface area contributed by atoms with Crippen molar-refractivity contribution < 1.29 is 14.4 Å². The SMILES string of the molecule is CCCO/N=C(\CN1C(=O)c2ccccc2C1=O)c1ncc(Cl)cc1Cl. The number of oxime groups is 1. The molecule has 1 aliphatic heterocycles. The molecule has 1 aromatic heterocycles. The molecule has 1 aromatic carbocycles. The molecule has 134 valence electrons. The maximum atomic E-state index is 12.6. The van der Waals surface area contributed by atoms with Crippen molar-refractivity contribution in [3.05, 3.63) is 63.4 Å². The molecule has 0 saturated carbocycles. The minimum Gasteiger partial charge on any atom is -0.395 e. The standard InChI is InChI=1S/C18H15Cl2N3O3/c1-2-7-26-22-15(16-14(20)8-11(19)9-21-16)10-23-17(24)12-5-3-4-6-13(12)18(23)25/h3-6,8-9H,2,7,10H2,1H3/b22-15+. The topological polar surface area (TPSA) is 71.9 Å². The Kier molecular flexibility index (Phi) is 5.54. The van der Waals surface area contributed by atoms with Gasteiger partial charge in [-0.1, -0.05) is 47.4 Å². The fourth-order valence-corrected chi connectivity index (χ4v) is 3.01. The first-order valence-corrected chi connectivity index (χ1v) is 8.74. The summed E-state index contributed by atoms with van der Waals surface area (Å²) in [5.74, 6) is -0.780. The lowest BCUT2D eigenvalue weighted by atomic mass is 10.1. The van der Waals surface area contributed by atoms with Gasteiger partial charge < -0.3 is 4.84 Å². The number of aromatic nitrogens is 1. The molecule has 0 unspecified atom stereocenters. The smallest absolute Gasteiger partial charge is 0.261 e. The van der Waals surface area contributed by atoms with Crippen LogP contribution in [-0.4, -0.2) is 40.6 Å². The predicted octanol–water partition coefficient (Wildman–Crippen LogP) is 3.82. The first-order chi connectivity index (χ1) is 12.5. The van der Waals surface area contributed by atoms with E-state index in [0.29, 0.717) is 28.5 Å². The van der Waals surface area contributed by atoms with Crippen LogP contribution >= 0.6 is 23.2 Å². The molecule has 1 aliphatic rings. The van der Waals surface area contributed by atoms with Gasteiger partial charge in [-0.3, -0.25) is 19.5 Å². The Morgan fingerprint density at radius 2 is 1.85 bits per heavy atom. The quantitative estimate of drug-likeness (QED) is 0.324. The number of hydrogen-bond donors (Lipinski definition) is 0. The number of nitrogens with zero attached hydrogens (tertiary/aromatic N) is 3. The molecule has 8 heteroatoms. The molecular formula is C18H15Cl2N3O3. The van der Waals surface area contributed by atoms with Crippen molar-refractivity contribution in [2.45, 2.75) is 13.3 Å². The Bertz CT molecular complexity index is 864. The fourth-order valence-electron chi connectivity index (χ4n) is 2.52. The third-order valence-corrected chi connectivity index (χ3v) is 4.23. The molecule has 0 aliphatic carbocycles. The van der Waals surface area contributed by atoms with E-state index in [0.717, 1.165) is 11.3 Å². The second-order valence-corrected chi connectivity index (χ2v) is 6.44. The average molecular weight is 392 g/mol. The number of amides is 2. The van der Waals surface area contributed by atoms with Crippen molar-refractivity contribution in [2.24, 2.45) is 5.16 Å². The van der Waals surface area contributed by atoms with Crippen LogP contribution in [0.4, 0.5) is 0 Å². The van der Waals surface area contributed by atoms with E-state index in [9.17, 15) is 9.59 Å². The Labute approximate surface area is 160 Å². The third kappa shape index (κ3) is 3.57. The van der Waals surface area contributed by atoms with Gasteiger partial charge in [-0.25, -0.2) is 0 Å². The second-order valence-electron chi connectivity index (χ2n) is 5.60. The van der Waals surface area contributed by atoms with E-state index in [1.165, 1.54) is 12.3 Å². The normalized spacial score (nSPS) is 14.0. The van der Waals surface area contributed by atoms with Gasteiger partial charge >= 0.3 is 0 Å². The summed E-state index contributed by atoms with van der Waals surface area (Å²) >= 11 is 12.1. The van der Waals surface area contributed by atoms with Crippen LogP contribution < -0.4 is 0 Å². The molecule has 0 bridgehead atoms. The highest BCUT2D eigenvalue weighted by molar-refractivity contribution is 6.36. The van der Waals surface area contributed by atoms with Gasteiger partial charge in [0.1, 0.15) is 18.0 Å². The molecule has 0 spiro atoms. The molecular weight excluding hydrogens is 377 g/mol. The van der Waals surface area contributed by atoms with Gasteiger partial charge in [0.15, 0.2) is 0 Å². The van der Waals surface area contributed by atoms with Crippen LogP contribution in [0.5, 0.6) is 0 Å². The third-order valence-electron chi connectivity index (χ3n) is 3.74. The van der Waals surface area contributed by atoms with Crippen LogP contribution in [0.3, 0.4) is 0 Å². The van der Waals surface area contributed by atoms with E-state index in [1.807, 2.05) is 6.92 Å². The minimum atomic E-state index is -0.390. The molecule has 26 heavy (non-hydrogen) atoms. The number of imide groups is 1. The number of halogens is 2. The lowest BCUT2D eigenvalue weighted by Gasteiger charge is -2.15. The highest BCUT2D eigenvalue weighted by atomic mass is 35.5. The lowest BCUT2D eigenvalue weighted by molar-refractivity contribution is 0.0675. The number of rotatable bonds is 6. The first kappa shape index (κ1) is 18.4. The zero-order valence-electron chi connectivity index (χ0n) is 13.9. The molecule has 2 amide bonds. The molecule has 0 fully saturated rings. The molecule has 3 rings (SSSR count). The summed E-state index contributed by atoms with van der Waals surface area (Å²) in [7, 11) is 0. The van der Waals surface area contributed by atoms with Crippen molar-refractivity contribution in [3.63, 3.8) is 0 Å². The van der Waals surface area contributed by atoms with Crippen LogP contribution in [0.1, 0.15) is 39.8 Å². The maximum Gasteiger partial charge on any atom is 0.261 e. The molecule has 0 atom stereocenters. The Hall–Kier alpha value is -2.44. The number of carbonyl (C=O) groups is 2. The monoisotopic (exact) mass is 391 g/mol. The Morgan fingerprint density at radius 1 is 1.19 bits per heavy atom. The molecule has 2 aromatic rings. The van der Waals surface area contributed by atoms with E-state index in [-0.39, 0.29) is 29.1 Å². The van der Waals surface area contributed by atoms with E-state index < -0.39 is 0 Å². The van der Waals surface area contributed by atoms with Crippen molar-refractivity contribution in [1.82, 2.24) is 9.88 Å². The van der Waals surface area contributed by atoms with E-state index in [2.05, 4.69) is 10.1 Å². The van der Waals surface area contributed by atoms with E-state index >= 15 is 0 Å². The first-order valence-electron chi connectivity index (χ1n) is 7.98. The molecule has 2 heterocycles. The van der Waals surface area contributed by atoms with Gasteiger partial charge in [-0.15, -0.1) is 0 Å². The summed E-state index contributed by atoms with van der Waals surface area (Å²) in [5.41, 5.74) is 1.31. The van der Waals surface area contributed by atoms with Gasteiger partial charge in [0, 0.05) is 6.20 Å². The summed E-state index contributed by atoms with van der Waals surface area (Å²) in [6, 6.07) is 8.18. The van der Waals surface area contributed by atoms with Gasteiger partial charge in [-0.2, -0.15) is 0 Å². The highest BCUT2D eigenvalue weighted by Crippen LogP contribution is 2.24. The number of carbonyl (C=O) groups excluding carboxylic acids is 2. The maximum absolute atomic E-state index is 12.6. The number of fused-ring (bicyclic) bond motifs is 1. The van der Waals surface area contributed by atoms with Crippen LogP contribution in [0.25, 0.3) is 0 Å². The molecule has 0 radical (unpaired) electrons. The molecule has 0 saturated heterocycles. The number of hydrogen-bond acceptors (Lipinski definition) is 5. The predicted molar refractivity (Wildman–Crippen MR) is 98.8 cm³/mol. The molecule has 0 N–H and O–H groups in total. The summed E-state index contributed by atoms with van der Waals surface area (Å²) in [6.45, 7) is 2.22. The summed E-state index contributed by atoms with van der Waals surface area (Å²) < 4.78 is 0.